The van der Waals surface area contributed by atoms with Gasteiger partial charge in [-0.3, -0.25) is 23.1 Å². The van der Waals surface area contributed by atoms with E-state index in [-0.39, 0.29) is 17.8 Å². The van der Waals surface area contributed by atoms with Gasteiger partial charge in [-0.15, -0.1) is 0 Å². The molecule has 0 saturated carbocycles. The average Bonchev–Trinajstić information content (AvgIpc) is 3.25. The lowest BCUT2D eigenvalue weighted by Gasteiger charge is -2.11. The number of ether oxygens (including phenoxy) is 2. The molecule has 0 bridgehead atoms. The molecule has 0 spiro atoms. The zero-order valence-electron chi connectivity index (χ0n) is 18.0. The van der Waals surface area contributed by atoms with Crippen molar-refractivity contribution in [3.8, 4) is 11.4 Å². The van der Waals surface area contributed by atoms with Crippen LogP contribution in [0.3, 0.4) is 0 Å². The van der Waals surface area contributed by atoms with Crippen molar-refractivity contribution in [2.75, 3.05) is 13.7 Å². The molecule has 0 fully saturated rings. The van der Waals surface area contributed by atoms with Gasteiger partial charge in [-0.25, -0.2) is 9.36 Å². The van der Waals surface area contributed by atoms with E-state index in [0.29, 0.717) is 11.5 Å². The van der Waals surface area contributed by atoms with Gasteiger partial charge in [0, 0.05) is 18.4 Å². The number of methoxy groups -OCH3 is 1. The summed E-state index contributed by atoms with van der Waals surface area (Å²) in [4.78, 5) is 42.7. The number of benzene rings is 1. The highest BCUT2D eigenvalue weighted by Crippen LogP contribution is 2.29. The minimum atomic E-state index is -0.652. The number of hydrogen-bond acceptors (Lipinski definition) is 6. The average molecular weight is 425 g/mol. The van der Waals surface area contributed by atoms with Gasteiger partial charge in [0.1, 0.15) is 12.3 Å². The van der Waals surface area contributed by atoms with Gasteiger partial charge in [0.25, 0.3) is 5.56 Å². The number of aryl methyl sites for hydroxylation is 2. The number of hydrogen-bond donors (Lipinski definition) is 0. The van der Waals surface area contributed by atoms with Crippen molar-refractivity contribution in [3.05, 3.63) is 56.5 Å². The van der Waals surface area contributed by atoms with Crippen LogP contribution in [0.15, 0.2) is 33.9 Å². The van der Waals surface area contributed by atoms with Gasteiger partial charge in [-0.05, 0) is 32.9 Å². The number of imidazole rings is 2. The molecule has 0 radical (unpaired) electrons. The van der Waals surface area contributed by atoms with Crippen LogP contribution in [-0.2, 0) is 23.1 Å². The molecular formula is C21H23N5O5. The molecule has 0 saturated heterocycles. The van der Waals surface area contributed by atoms with E-state index in [0.717, 1.165) is 21.6 Å². The van der Waals surface area contributed by atoms with Crippen LogP contribution in [0.4, 0.5) is 0 Å². The SMILES string of the molecule is CCOC(=O)Cn1c(=O)c2c(nc3n(-c4ccccc4OC)c(C)c(C)n23)n(C)c1=O. The minimum Gasteiger partial charge on any atom is -0.495 e. The minimum absolute atomic E-state index is 0.160. The number of esters is 1. The second-order valence-corrected chi connectivity index (χ2v) is 7.14. The van der Waals surface area contributed by atoms with E-state index >= 15 is 0 Å². The summed E-state index contributed by atoms with van der Waals surface area (Å²) in [6, 6.07) is 7.48. The van der Waals surface area contributed by atoms with Crippen molar-refractivity contribution >= 4 is 22.9 Å². The van der Waals surface area contributed by atoms with Gasteiger partial charge >= 0.3 is 11.7 Å². The smallest absolute Gasteiger partial charge is 0.333 e. The van der Waals surface area contributed by atoms with Gasteiger partial charge in [0.05, 0.1) is 19.4 Å². The number of aromatic nitrogens is 5. The molecule has 10 nitrogen and oxygen atoms in total. The van der Waals surface area contributed by atoms with E-state index < -0.39 is 23.8 Å². The molecule has 3 heterocycles. The molecule has 162 valence electrons. The van der Waals surface area contributed by atoms with Gasteiger partial charge in [0.15, 0.2) is 11.2 Å². The van der Waals surface area contributed by atoms with Crippen molar-refractivity contribution in [3.63, 3.8) is 0 Å². The third-order valence-corrected chi connectivity index (χ3v) is 5.44. The fourth-order valence-corrected chi connectivity index (χ4v) is 3.83. The van der Waals surface area contributed by atoms with Crippen LogP contribution in [-0.4, -0.2) is 42.8 Å². The van der Waals surface area contributed by atoms with E-state index in [1.807, 2.05) is 42.7 Å². The number of rotatable bonds is 5. The first-order valence-corrected chi connectivity index (χ1v) is 9.80. The number of carbonyl (C=O) groups is 1. The zero-order valence-corrected chi connectivity index (χ0v) is 18.0. The second kappa shape index (κ2) is 7.46. The molecule has 4 rings (SSSR count). The Morgan fingerprint density at radius 1 is 1.13 bits per heavy atom. The molecule has 0 aliphatic carbocycles. The molecule has 3 aromatic heterocycles. The van der Waals surface area contributed by atoms with Crippen LogP contribution in [0.25, 0.3) is 22.6 Å². The van der Waals surface area contributed by atoms with E-state index in [4.69, 9.17) is 9.47 Å². The second-order valence-electron chi connectivity index (χ2n) is 7.14. The predicted octanol–water partition coefficient (Wildman–Crippen LogP) is 1.33. The molecule has 1 aromatic carbocycles. The summed E-state index contributed by atoms with van der Waals surface area (Å²) in [6.45, 7) is 5.15. The van der Waals surface area contributed by atoms with Gasteiger partial charge in [-0.2, -0.15) is 4.98 Å². The molecule has 0 aliphatic heterocycles. The first kappa shape index (κ1) is 20.5. The molecule has 0 atom stereocenters. The van der Waals surface area contributed by atoms with Crippen molar-refractivity contribution in [2.45, 2.75) is 27.3 Å². The summed E-state index contributed by atoms with van der Waals surface area (Å²) < 4.78 is 16.2. The quantitative estimate of drug-likeness (QED) is 0.447. The van der Waals surface area contributed by atoms with E-state index in [1.54, 1.807) is 18.4 Å². The highest BCUT2D eigenvalue weighted by molar-refractivity contribution is 5.78. The Morgan fingerprint density at radius 3 is 2.52 bits per heavy atom. The van der Waals surface area contributed by atoms with Crippen LogP contribution in [0, 0.1) is 13.8 Å². The lowest BCUT2D eigenvalue weighted by Crippen LogP contribution is -2.41. The number of fused-ring (bicyclic) bond motifs is 3. The summed E-state index contributed by atoms with van der Waals surface area (Å²) in [5.74, 6) is 0.459. The Labute approximate surface area is 176 Å². The predicted molar refractivity (Wildman–Crippen MR) is 114 cm³/mol. The Hall–Kier alpha value is -3.82. The molecule has 0 aliphatic rings. The zero-order chi connectivity index (χ0) is 22.4. The summed E-state index contributed by atoms with van der Waals surface area (Å²) >= 11 is 0. The highest BCUT2D eigenvalue weighted by atomic mass is 16.5. The summed E-state index contributed by atoms with van der Waals surface area (Å²) in [5, 5.41) is 0. The Balaban J connectivity index is 2.10. The van der Waals surface area contributed by atoms with Crippen molar-refractivity contribution in [1.29, 1.82) is 0 Å². The molecule has 31 heavy (non-hydrogen) atoms. The van der Waals surface area contributed by atoms with Crippen molar-refractivity contribution in [1.82, 2.24) is 23.1 Å². The standard InChI is InChI=1S/C21H23N5O5/c1-6-31-16(27)11-24-19(28)17-18(23(4)21(24)29)22-20-25(12(2)13(3)26(17)20)14-9-7-8-10-15(14)30-5/h7-10H,6,11H2,1-5H3. The van der Waals surface area contributed by atoms with Crippen LogP contribution in [0.2, 0.25) is 0 Å². The first-order valence-electron chi connectivity index (χ1n) is 9.80. The molecule has 0 N–H and O–H groups in total. The lowest BCUT2D eigenvalue weighted by molar-refractivity contribution is -0.143. The van der Waals surface area contributed by atoms with Crippen LogP contribution >= 0.6 is 0 Å². The molecular weight excluding hydrogens is 402 g/mol. The third-order valence-electron chi connectivity index (χ3n) is 5.44. The number of para-hydroxylation sites is 2. The Kier molecular flexibility index (Phi) is 4.92. The third kappa shape index (κ3) is 2.94. The topological polar surface area (TPSA) is 102 Å². The Bertz CT molecular complexity index is 1450. The van der Waals surface area contributed by atoms with E-state index in [2.05, 4.69) is 4.98 Å². The maximum Gasteiger partial charge on any atom is 0.333 e. The molecule has 0 amide bonds. The fourth-order valence-electron chi connectivity index (χ4n) is 3.83. The highest BCUT2D eigenvalue weighted by Gasteiger charge is 2.24. The van der Waals surface area contributed by atoms with Gasteiger partial charge < -0.3 is 9.47 Å². The fraction of sp³-hybridized carbons (Fsp3) is 0.333. The normalized spacial score (nSPS) is 11.4. The van der Waals surface area contributed by atoms with Crippen LogP contribution in [0.5, 0.6) is 5.75 Å². The maximum atomic E-state index is 13.3. The summed E-state index contributed by atoms with van der Waals surface area (Å²) in [6.07, 6.45) is 0. The molecule has 4 aromatic rings. The summed E-state index contributed by atoms with van der Waals surface area (Å²) in [7, 11) is 3.11. The van der Waals surface area contributed by atoms with E-state index in [1.165, 1.54) is 11.6 Å². The van der Waals surface area contributed by atoms with Gasteiger partial charge in [0.2, 0.25) is 5.78 Å². The molecule has 0 unspecified atom stereocenters. The monoisotopic (exact) mass is 425 g/mol. The van der Waals surface area contributed by atoms with Crippen LogP contribution in [0.1, 0.15) is 18.3 Å². The maximum absolute atomic E-state index is 13.3. The first-order chi connectivity index (χ1) is 14.8. The van der Waals surface area contributed by atoms with Crippen LogP contribution < -0.4 is 16.0 Å². The number of carbonyl (C=O) groups excluding carboxylic acids is 1. The Morgan fingerprint density at radius 2 is 1.84 bits per heavy atom. The molecule has 10 heteroatoms. The van der Waals surface area contributed by atoms with Gasteiger partial charge in [-0.1, -0.05) is 12.1 Å². The lowest BCUT2D eigenvalue weighted by atomic mass is 10.2. The number of nitrogens with zero attached hydrogens (tertiary/aromatic N) is 5. The van der Waals surface area contributed by atoms with Crippen molar-refractivity contribution < 1.29 is 14.3 Å². The van der Waals surface area contributed by atoms with Crippen molar-refractivity contribution in [2.24, 2.45) is 7.05 Å². The van der Waals surface area contributed by atoms with E-state index in [9.17, 15) is 14.4 Å². The largest absolute Gasteiger partial charge is 0.495 e. The summed E-state index contributed by atoms with van der Waals surface area (Å²) in [5.41, 5.74) is 1.62.